The highest BCUT2D eigenvalue weighted by atomic mass is 19.1. The number of ether oxygens (including phenoxy) is 2. The molecule has 16 heavy (non-hydrogen) atoms. The van der Waals surface area contributed by atoms with Crippen LogP contribution in [0.1, 0.15) is 39.5 Å². The molecular weight excluding hydrogens is 209 g/mol. The third-order valence-corrected chi connectivity index (χ3v) is 3.30. The molecule has 1 aliphatic heterocycles. The minimum Gasteiger partial charge on any atom is -0.339 e. The van der Waals surface area contributed by atoms with Crippen molar-refractivity contribution in [1.29, 1.82) is 0 Å². The van der Waals surface area contributed by atoms with Crippen LogP contribution in [0.15, 0.2) is 18.5 Å². The van der Waals surface area contributed by atoms with E-state index in [9.17, 15) is 4.39 Å². The summed E-state index contributed by atoms with van der Waals surface area (Å²) in [5, 5.41) is 0. The number of aromatic nitrogens is 1. The van der Waals surface area contributed by atoms with E-state index in [1.54, 1.807) is 0 Å². The van der Waals surface area contributed by atoms with Crippen LogP contribution in [0, 0.1) is 5.82 Å². The normalized spacial score (nSPS) is 23.6. The van der Waals surface area contributed by atoms with Gasteiger partial charge in [-0.05, 0) is 33.8 Å². The van der Waals surface area contributed by atoms with Crippen molar-refractivity contribution in [2.24, 2.45) is 0 Å². The van der Waals surface area contributed by atoms with Gasteiger partial charge in [0, 0.05) is 12.4 Å². The Hall–Kier alpha value is -1.00. The summed E-state index contributed by atoms with van der Waals surface area (Å²) < 4.78 is 25.0. The molecule has 0 atom stereocenters. The van der Waals surface area contributed by atoms with Crippen LogP contribution in [0.25, 0.3) is 0 Å². The van der Waals surface area contributed by atoms with Gasteiger partial charge < -0.3 is 9.47 Å². The van der Waals surface area contributed by atoms with Gasteiger partial charge >= 0.3 is 0 Å². The van der Waals surface area contributed by atoms with Crippen LogP contribution in [0.2, 0.25) is 0 Å². The maximum atomic E-state index is 13.5. The third kappa shape index (κ3) is 1.72. The van der Waals surface area contributed by atoms with Gasteiger partial charge in [-0.1, -0.05) is 0 Å². The Balaban J connectivity index is 2.31. The molecule has 0 amide bonds. The Morgan fingerprint density at radius 2 is 1.75 bits per heavy atom. The maximum Gasteiger partial charge on any atom is 0.189 e. The van der Waals surface area contributed by atoms with Crippen LogP contribution in [0.4, 0.5) is 4.39 Å². The molecule has 0 N–H and O–H groups in total. The topological polar surface area (TPSA) is 31.4 Å². The Bertz CT molecular complexity index is 388. The Kier molecular flexibility index (Phi) is 2.51. The summed E-state index contributed by atoms with van der Waals surface area (Å²) in [7, 11) is 0. The lowest BCUT2D eigenvalue weighted by Gasteiger charge is -2.30. The number of halogens is 1. The number of hydrogen-bond acceptors (Lipinski definition) is 3. The first-order valence-corrected chi connectivity index (χ1v) is 5.28. The van der Waals surface area contributed by atoms with Gasteiger partial charge in [0.25, 0.3) is 0 Å². The van der Waals surface area contributed by atoms with Crippen molar-refractivity contribution in [3.05, 3.63) is 29.8 Å². The molecule has 88 valence electrons. The van der Waals surface area contributed by atoms with Gasteiger partial charge in [0.05, 0.1) is 16.8 Å². The predicted molar refractivity (Wildman–Crippen MR) is 57.3 cm³/mol. The zero-order valence-corrected chi connectivity index (χ0v) is 9.95. The van der Waals surface area contributed by atoms with Crippen LogP contribution in [0.3, 0.4) is 0 Å². The first kappa shape index (κ1) is 11.5. The lowest BCUT2D eigenvalue weighted by molar-refractivity contribution is -0.0916. The Labute approximate surface area is 94.6 Å². The number of hydrogen-bond donors (Lipinski definition) is 0. The van der Waals surface area contributed by atoms with Gasteiger partial charge in [0.15, 0.2) is 6.29 Å². The second-order valence-electron chi connectivity index (χ2n) is 4.99. The largest absolute Gasteiger partial charge is 0.339 e. The molecule has 1 aromatic rings. The molecular formula is C12H16FNO2. The molecule has 0 spiro atoms. The van der Waals surface area contributed by atoms with E-state index in [4.69, 9.17) is 9.47 Å². The van der Waals surface area contributed by atoms with Gasteiger partial charge in [-0.25, -0.2) is 4.39 Å². The summed E-state index contributed by atoms with van der Waals surface area (Å²) in [4.78, 5) is 3.89. The Morgan fingerprint density at radius 1 is 1.19 bits per heavy atom. The zero-order chi connectivity index (χ0) is 12.0. The predicted octanol–water partition coefficient (Wildman–Crippen LogP) is 2.82. The summed E-state index contributed by atoms with van der Waals surface area (Å²) in [5.74, 6) is -0.353. The van der Waals surface area contributed by atoms with E-state index in [1.807, 2.05) is 27.7 Å². The summed E-state index contributed by atoms with van der Waals surface area (Å²) >= 11 is 0. The van der Waals surface area contributed by atoms with Crippen LogP contribution in [-0.2, 0) is 9.47 Å². The van der Waals surface area contributed by atoms with E-state index in [1.165, 1.54) is 18.5 Å². The van der Waals surface area contributed by atoms with Crippen molar-refractivity contribution in [2.45, 2.75) is 45.2 Å². The second kappa shape index (κ2) is 3.50. The molecule has 1 fully saturated rings. The van der Waals surface area contributed by atoms with E-state index in [-0.39, 0.29) is 5.82 Å². The molecule has 0 aliphatic carbocycles. The monoisotopic (exact) mass is 225 g/mol. The maximum absolute atomic E-state index is 13.5. The van der Waals surface area contributed by atoms with E-state index < -0.39 is 17.5 Å². The fraction of sp³-hybridized carbons (Fsp3) is 0.583. The van der Waals surface area contributed by atoms with Crippen molar-refractivity contribution >= 4 is 0 Å². The van der Waals surface area contributed by atoms with Crippen molar-refractivity contribution in [3.8, 4) is 0 Å². The lowest BCUT2D eigenvalue weighted by Crippen LogP contribution is -2.41. The molecule has 2 rings (SSSR count). The fourth-order valence-electron chi connectivity index (χ4n) is 1.53. The molecule has 0 unspecified atom stereocenters. The first-order valence-electron chi connectivity index (χ1n) is 5.28. The molecule has 4 heteroatoms. The average Bonchev–Trinajstić information content (AvgIpc) is 2.36. The van der Waals surface area contributed by atoms with Gasteiger partial charge in [0.2, 0.25) is 0 Å². The van der Waals surface area contributed by atoms with E-state index in [0.717, 1.165) is 0 Å². The van der Waals surface area contributed by atoms with E-state index in [2.05, 4.69) is 4.98 Å². The fourth-order valence-corrected chi connectivity index (χ4v) is 1.53. The molecule has 1 saturated heterocycles. The van der Waals surface area contributed by atoms with E-state index in [0.29, 0.717) is 5.56 Å². The summed E-state index contributed by atoms with van der Waals surface area (Å²) in [6, 6.07) is 1.31. The molecule has 0 bridgehead atoms. The van der Waals surface area contributed by atoms with Crippen molar-refractivity contribution in [2.75, 3.05) is 0 Å². The molecule has 1 aliphatic rings. The summed E-state index contributed by atoms with van der Waals surface area (Å²) in [5.41, 5.74) is -0.568. The zero-order valence-electron chi connectivity index (χ0n) is 9.95. The van der Waals surface area contributed by atoms with Crippen LogP contribution >= 0.6 is 0 Å². The third-order valence-electron chi connectivity index (χ3n) is 3.30. The van der Waals surface area contributed by atoms with Crippen molar-refractivity contribution < 1.29 is 13.9 Å². The highest BCUT2D eigenvalue weighted by molar-refractivity contribution is 5.15. The second-order valence-corrected chi connectivity index (χ2v) is 4.99. The standard InChI is InChI=1S/C12H16FNO2/c1-11(2)12(3,4)16-10(15-11)8-7-14-6-5-9(8)13/h5-7,10H,1-4H3. The van der Waals surface area contributed by atoms with Gasteiger partial charge in [-0.3, -0.25) is 4.98 Å². The van der Waals surface area contributed by atoms with Crippen LogP contribution < -0.4 is 0 Å². The quantitative estimate of drug-likeness (QED) is 0.736. The lowest BCUT2D eigenvalue weighted by atomic mass is 9.90. The van der Waals surface area contributed by atoms with Crippen molar-refractivity contribution in [3.63, 3.8) is 0 Å². The Morgan fingerprint density at radius 3 is 2.25 bits per heavy atom. The number of nitrogens with zero attached hydrogens (tertiary/aromatic N) is 1. The minimum absolute atomic E-state index is 0.348. The molecule has 0 saturated carbocycles. The van der Waals surface area contributed by atoms with Gasteiger partial charge in [0.1, 0.15) is 5.82 Å². The minimum atomic E-state index is -0.682. The summed E-state index contributed by atoms with van der Waals surface area (Å²) in [6.07, 6.45) is 2.17. The van der Waals surface area contributed by atoms with E-state index >= 15 is 0 Å². The molecule has 3 nitrogen and oxygen atoms in total. The SMILES string of the molecule is CC1(C)OC(c2cnccc2F)OC1(C)C. The molecule has 0 radical (unpaired) electrons. The average molecular weight is 225 g/mol. The molecule has 1 aromatic heterocycles. The van der Waals surface area contributed by atoms with Gasteiger partial charge in [-0.15, -0.1) is 0 Å². The summed E-state index contributed by atoms with van der Waals surface area (Å²) in [6.45, 7) is 7.73. The van der Waals surface area contributed by atoms with Crippen LogP contribution in [0.5, 0.6) is 0 Å². The van der Waals surface area contributed by atoms with Crippen LogP contribution in [-0.4, -0.2) is 16.2 Å². The first-order chi connectivity index (χ1) is 7.33. The van der Waals surface area contributed by atoms with Gasteiger partial charge in [-0.2, -0.15) is 0 Å². The molecule has 2 heterocycles. The van der Waals surface area contributed by atoms with Crippen molar-refractivity contribution in [1.82, 2.24) is 4.98 Å². The highest BCUT2D eigenvalue weighted by Crippen LogP contribution is 2.44. The number of rotatable bonds is 1. The smallest absolute Gasteiger partial charge is 0.189 e. The number of pyridine rings is 1. The highest BCUT2D eigenvalue weighted by Gasteiger charge is 2.50. The molecule has 0 aromatic carbocycles.